The number of epoxide rings is 1. The molecule has 0 saturated carbocycles. The number of rotatable bonds is 10. The molecule has 30 heavy (non-hydrogen) atoms. The van der Waals surface area contributed by atoms with Crippen molar-refractivity contribution >= 4 is 0 Å². The first-order chi connectivity index (χ1) is 19.0. The van der Waals surface area contributed by atoms with Crippen LogP contribution in [0, 0.1) is 0 Å². The van der Waals surface area contributed by atoms with E-state index < -0.39 is 39.2 Å². The van der Waals surface area contributed by atoms with Crippen LogP contribution in [0.3, 0.4) is 0 Å². The van der Waals surface area contributed by atoms with Crippen LogP contribution in [0.5, 0.6) is 11.5 Å². The van der Waals surface area contributed by atoms with Gasteiger partial charge in [0.1, 0.15) is 17.6 Å². The van der Waals surface area contributed by atoms with Crippen molar-refractivity contribution in [1.29, 1.82) is 0 Å². The molecule has 1 aliphatic rings. The highest BCUT2D eigenvalue weighted by Gasteiger charge is 2.24. The lowest BCUT2D eigenvalue weighted by atomic mass is 10.1. The number of likely N-dealkylation sites (N-methyl/N-ethyl adjacent to an activating group) is 1. The van der Waals surface area contributed by atoms with Gasteiger partial charge in [-0.1, -0.05) is 24.3 Å². The van der Waals surface area contributed by atoms with Gasteiger partial charge in [0.2, 0.25) is 0 Å². The number of aliphatic hydroxyl groups is 1. The molecule has 1 fully saturated rings. The second kappa shape index (κ2) is 15.6. The molecule has 1 heterocycles. The van der Waals surface area contributed by atoms with Crippen LogP contribution in [0.15, 0.2) is 48.5 Å². The first-order valence-corrected chi connectivity index (χ1v) is 8.44. The Morgan fingerprint density at radius 1 is 1.27 bits per heavy atom. The third-order valence-corrected chi connectivity index (χ3v) is 3.28. The zero-order valence-electron chi connectivity index (χ0n) is 28.6. The topological polar surface area (TPSA) is 108 Å². The van der Waals surface area contributed by atoms with Crippen molar-refractivity contribution in [1.82, 2.24) is 5.32 Å². The van der Waals surface area contributed by atoms with Crippen LogP contribution in [0.4, 0.5) is 0 Å². The molecule has 0 radical (unpaired) electrons. The Bertz CT molecular complexity index is 1130. The quantitative estimate of drug-likeness (QED) is 0.386. The summed E-state index contributed by atoms with van der Waals surface area (Å²) in [7, 11) is 2.93. The summed E-state index contributed by atoms with van der Waals surface area (Å²) >= 11 is 0. The Morgan fingerprint density at radius 2 is 1.87 bits per heavy atom. The van der Waals surface area contributed by atoms with Crippen molar-refractivity contribution in [3.8, 4) is 11.5 Å². The summed E-state index contributed by atoms with van der Waals surface area (Å²) in [6.45, 7) is -9.86. The van der Waals surface area contributed by atoms with Gasteiger partial charge in [0.25, 0.3) is 0 Å². The lowest BCUT2D eigenvalue weighted by Gasteiger charge is -2.12. The molecule has 2 aromatic rings. The zero-order chi connectivity index (χ0) is 32.6. The summed E-state index contributed by atoms with van der Waals surface area (Å²) in [5.74, 6) is 0.780. The van der Waals surface area contributed by atoms with E-state index in [9.17, 15) is 5.11 Å². The highest BCUT2D eigenvalue weighted by atomic mass is 16.7. The molecule has 0 amide bonds. The molecule has 8 nitrogen and oxygen atoms in total. The van der Waals surface area contributed by atoms with Gasteiger partial charge in [0.15, 0.2) is 13.6 Å². The highest BCUT2D eigenvalue weighted by molar-refractivity contribution is 5.31. The van der Waals surface area contributed by atoms with Crippen LogP contribution < -0.4 is 20.5 Å². The largest absolute Gasteiger partial charge is 0.468 e. The summed E-state index contributed by atoms with van der Waals surface area (Å²) in [4.78, 5) is 0. The molecule has 4 N–H and O–H groups in total. The van der Waals surface area contributed by atoms with E-state index in [2.05, 4.69) is 5.73 Å². The number of nitrogens with one attached hydrogen (secondary N) is 1. The molecule has 1 aliphatic heterocycles. The predicted molar refractivity (Wildman–Crippen MR) is 116 cm³/mol. The summed E-state index contributed by atoms with van der Waals surface area (Å²) in [5, 5.41) is 11.7. The van der Waals surface area contributed by atoms with E-state index >= 15 is 0 Å². The summed E-state index contributed by atoms with van der Waals surface area (Å²) in [6.07, 6.45) is -4.44. The van der Waals surface area contributed by atoms with Crippen LogP contribution in [-0.2, 0) is 14.2 Å². The van der Waals surface area contributed by atoms with E-state index in [1.54, 1.807) is 29.6 Å². The summed E-state index contributed by atoms with van der Waals surface area (Å²) < 4.78 is 109. The minimum atomic E-state index is -2.90. The molecular formula is C22H34N2O6. The maximum absolute atomic E-state index is 10.1. The third-order valence-electron chi connectivity index (χ3n) is 3.28. The predicted octanol–water partition coefficient (Wildman–Crippen LogP) is 2.24. The van der Waals surface area contributed by atoms with Gasteiger partial charge in [0.05, 0.1) is 18.1 Å². The Hall–Kier alpha value is -2.20. The molecule has 0 spiro atoms. The molecule has 0 aliphatic carbocycles. The molecule has 1 saturated heterocycles. The highest BCUT2D eigenvalue weighted by Crippen LogP contribution is 2.31. The number of hydrogen-bond donors (Lipinski definition) is 3. The fourth-order valence-corrected chi connectivity index (χ4v) is 1.99. The van der Waals surface area contributed by atoms with Crippen molar-refractivity contribution in [2.24, 2.45) is 5.73 Å². The van der Waals surface area contributed by atoms with Gasteiger partial charge >= 0.3 is 0 Å². The third kappa shape index (κ3) is 10.0. The van der Waals surface area contributed by atoms with Crippen molar-refractivity contribution in [3.63, 3.8) is 0 Å². The summed E-state index contributed by atoms with van der Waals surface area (Å²) in [5.41, 5.74) is 4.64. The van der Waals surface area contributed by atoms with Gasteiger partial charge in [0, 0.05) is 31.7 Å². The second-order valence-corrected chi connectivity index (χ2v) is 5.29. The van der Waals surface area contributed by atoms with Gasteiger partial charge in [-0.2, -0.15) is 0 Å². The number of hydrogen-bond acceptors (Lipinski definition) is 8. The maximum atomic E-state index is 10.1. The first kappa shape index (κ1) is 12.6. The van der Waals surface area contributed by atoms with E-state index in [0.717, 1.165) is 0 Å². The number of benzene rings is 2. The first-order valence-electron chi connectivity index (χ1n) is 14.4. The van der Waals surface area contributed by atoms with Crippen molar-refractivity contribution < 1.29 is 45.2 Å². The van der Waals surface area contributed by atoms with E-state index in [0.29, 0.717) is 11.3 Å². The van der Waals surface area contributed by atoms with Crippen LogP contribution in [0.2, 0.25) is 0 Å². The van der Waals surface area contributed by atoms with Crippen molar-refractivity contribution in [3.05, 3.63) is 59.7 Å². The fourth-order valence-electron chi connectivity index (χ4n) is 1.99. The van der Waals surface area contributed by atoms with Gasteiger partial charge in [-0.15, -0.1) is 0 Å². The zero-order valence-corrected chi connectivity index (χ0v) is 16.6. The van der Waals surface area contributed by atoms with Gasteiger partial charge in [-0.25, -0.2) is 0 Å². The van der Waals surface area contributed by atoms with Gasteiger partial charge in [-0.05, 0) is 49.3 Å². The van der Waals surface area contributed by atoms with Crippen LogP contribution in [0.1, 0.15) is 39.7 Å². The molecule has 168 valence electrons. The van der Waals surface area contributed by atoms with Crippen LogP contribution in [0.25, 0.3) is 0 Å². The fraction of sp³-hybridized carbons (Fsp3) is 0.455. The van der Waals surface area contributed by atoms with Crippen molar-refractivity contribution in [2.75, 3.05) is 54.8 Å². The molecule has 3 rings (SSSR count). The smallest absolute Gasteiger partial charge is 0.188 e. The van der Waals surface area contributed by atoms with E-state index in [1.807, 2.05) is 0 Å². The Labute approximate surface area is 195 Å². The minimum absolute atomic E-state index is 0.0553. The SMILES string of the molecule is [2H]C([2H])([2H])N.[2H]C([2H])([2H])NC([2H])([2H])[C@]([2H])(O)c1cccc(OCOC)c1.[2H]C1([2H])O[C@]1([2H])c1cccc(OCOC)c1. The van der Waals surface area contributed by atoms with E-state index in [4.69, 9.17) is 40.1 Å². The van der Waals surface area contributed by atoms with E-state index in [-0.39, 0.29) is 24.9 Å². The minimum Gasteiger partial charge on any atom is -0.468 e. The average molecular weight is 435 g/mol. The molecule has 0 unspecified atom stereocenters. The lowest BCUT2D eigenvalue weighted by Crippen LogP contribution is -2.16. The van der Waals surface area contributed by atoms with Crippen LogP contribution in [-0.4, -0.2) is 59.9 Å². The Morgan fingerprint density at radius 3 is 2.43 bits per heavy atom. The van der Waals surface area contributed by atoms with Crippen LogP contribution >= 0.6 is 0 Å². The number of methoxy groups -OCH3 is 2. The standard InChI is InChI=1S/C11H17NO3.C10H12O3.CH5N/c1-12-7-11(13)9-4-3-5-10(6-9)15-8-14-2;1-11-7-13-9-4-2-3-8(5-9)10-6-12-10;1-2/h3-6,11-13H,7-8H2,1-2H3;2-5,10H,6-7H2,1H3;2H2,1H3/t11-;10-;/m00./s1/i1D3,7D2,11D;6D2,10D;1D3. The summed E-state index contributed by atoms with van der Waals surface area (Å²) in [6, 6.07) is 12.1. The molecule has 8 heteroatoms. The normalized spacial score (nSPS) is 27.5. The van der Waals surface area contributed by atoms with Gasteiger partial charge < -0.3 is 39.8 Å². The Balaban J connectivity index is 0.000000370. The molecule has 2 aromatic carbocycles. The number of nitrogens with two attached hydrogens (primary N) is 1. The average Bonchev–Trinajstić information content (AvgIpc) is 3.38. The lowest BCUT2D eigenvalue weighted by molar-refractivity contribution is 0.0507. The van der Waals surface area contributed by atoms with Gasteiger partial charge in [-0.3, -0.25) is 0 Å². The second-order valence-electron chi connectivity index (χ2n) is 5.29. The molecule has 2 atom stereocenters. The molecular weight excluding hydrogens is 388 g/mol. The molecule has 0 bridgehead atoms. The maximum Gasteiger partial charge on any atom is 0.188 e. The Kier molecular flexibility index (Phi) is 6.56. The monoisotopic (exact) mass is 434 g/mol. The van der Waals surface area contributed by atoms with E-state index in [1.165, 1.54) is 38.5 Å². The number of ether oxygens (including phenoxy) is 5. The van der Waals surface area contributed by atoms with Crippen molar-refractivity contribution in [2.45, 2.75) is 12.2 Å². The molecule has 0 aromatic heterocycles.